The third kappa shape index (κ3) is 5.57. The maximum atomic E-state index is 12.9. The highest BCUT2D eigenvalue weighted by molar-refractivity contribution is 7.93. The smallest absolute Gasteiger partial charge is 0.263 e. The Bertz CT molecular complexity index is 1040. The zero-order valence-corrected chi connectivity index (χ0v) is 16.3. The number of thiazole rings is 1. The van der Waals surface area contributed by atoms with E-state index >= 15 is 0 Å². The van der Waals surface area contributed by atoms with Crippen molar-refractivity contribution in [3.8, 4) is 0 Å². The number of carbonyl (C=O) groups is 1. The van der Waals surface area contributed by atoms with Crippen LogP contribution in [0.25, 0.3) is 0 Å². The quantitative estimate of drug-likeness (QED) is 0.584. The van der Waals surface area contributed by atoms with Gasteiger partial charge in [0.25, 0.3) is 10.0 Å². The van der Waals surface area contributed by atoms with Crippen molar-refractivity contribution in [1.82, 2.24) is 15.3 Å². The van der Waals surface area contributed by atoms with Crippen LogP contribution in [0.3, 0.4) is 0 Å². The number of rotatable bonds is 8. The maximum absolute atomic E-state index is 12.9. The van der Waals surface area contributed by atoms with E-state index in [1.807, 2.05) is 6.07 Å². The average molecular weight is 420 g/mol. The summed E-state index contributed by atoms with van der Waals surface area (Å²) in [6, 6.07) is 8.17. The topological polar surface area (TPSA) is 101 Å². The predicted octanol–water partition coefficient (Wildman–Crippen LogP) is 2.73. The summed E-state index contributed by atoms with van der Waals surface area (Å²) in [5.41, 5.74) is 1.51. The van der Waals surface area contributed by atoms with Gasteiger partial charge < -0.3 is 5.32 Å². The molecule has 146 valence electrons. The largest absolute Gasteiger partial charge is 0.352 e. The standard InChI is InChI=1S/C18H17FN4O3S2/c19-14-3-6-16(7-4-14)28(25,26)23-18-22-15(12-27-18)5-8-17(24)21-11-13-2-1-9-20-10-13/h1-4,6-7,9-10,12H,5,8,11H2,(H,21,24)(H,22,23). The Kier molecular flexibility index (Phi) is 6.32. The van der Waals surface area contributed by atoms with E-state index in [9.17, 15) is 17.6 Å². The lowest BCUT2D eigenvalue weighted by Gasteiger charge is -2.05. The summed E-state index contributed by atoms with van der Waals surface area (Å²) in [4.78, 5) is 20.1. The van der Waals surface area contributed by atoms with Gasteiger partial charge in [-0.15, -0.1) is 11.3 Å². The highest BCUT2D eigenvalue weighted by atomic mass is 32.2. The molecule has 0 spiro atoms. The molecule has 0 atom stereocenters. The van der Waals surface area contributed by atoms with Gasteiger partial charge in [-0.05, 0) is 42.3 Å². The fourth-order valence-corrected chi connectivity index (χ4v) is 4.29. The molecule has 0 aliphatic rings. The number of hydrogen-bond acceptors (Lipinski definition) is 6. The van der Waals surface area contributed by atoms with Gasteiger partial charge in [0.2, 0.25) is 5.91 Å². The second kappa shape index (κ2) is 8.89. The monoisotopic (exact) mass is 420 g/mol. The number of pyridine rings is 1. The van der Waals surface area contributed by atoms with Crippen LogP contribution in [0.5, 0.6) is 0 Å². The van der Waals surface area contributed by atoms with Crippen LogP contribution in [0.4, 0.5) is 9.52 Å². The number of benzene rings is 1. The summed E-state index contributed by atoms with van der Waals surface area (Å²) < 4.78 is 39.8. The van der Waals surface area contributed by atoms with E-state index in [1.165, 1.54) is 12.1 Å². The van der Waals surface area contributed by atoms with Crippen molar-refractivity contribution in [3.63, 3.8) is 0 Å². The second-order valence-electron chi connectivity index (χ2n) is 5.84. The summed E-state index contributed by atoms with van der Waals surface area (Å²) >= 11 is 1.12. The molecule has 0 aliphatic carbocycles. The number of sulfonamides is 1. The fourth-order valence-electron chi connectivity index (χ4n) is 2.29. The molecular weight excluding hydrogens is 403 g/mol. The first-order chi connectivity index (χ1) is 13.4. The molecule has 0 fully saturated rings. The Morgan fingerprint density at radius 3 is 2.68 bits per heavy atom. The van der Waals surface area contributed by atoms with E-state index in [0.29, 0.717) is 18.7 Å². The minimum Gasteiger partial charge on any atom is -0.352 e. The lowest BCUT2D eigenvalue weighted by Crippen LogP contribution is -2.23. The summed E-state index contributed by atoms with van der Waals surface area (Å²) in [6.45, 7) is 0.395. The summed E-state index contributed by atoms with van der Waals surface area (Å²) in [6.07, 6.45) is 3.96. The van der Waals surface area contributed by atoms with Crippen molar-refractivity contribution in [2.24, 2.45) is 0 Å². The molecule has 0 radical (unpaired) electrons. The van der Waals surface area contributed by atoms with Gasteiger partial charge in [0.05, 0.1) is 10.6 Å². The Morgan fingerprint density at radius 1 is 1.18 bits per heavy atom. The molecule has 7 nitrogen and oxygen atoms in total. The molecule has 2 N–H and O–H groups in total. The Balaban J connectivity index is 1.51. The maximum Gasteiger partial charge on any atom is 0.263 e. The highest BCUT2D eigenvalue weighted by Crippen LogP contribution is 2.21. The van der Waals surface area contributed by atoms with Crippen LogP contribution in [-0.2, 0) is 27.8 Å². The van der Waals surface area contributed by atoms with E-state index in [2.05, 4.69) is 20.0 Å². The van der Waals surface area contributed by atoms with Gasteiger partial charge in [0.1, 0.15) is 5.82 Å². The van der Waals surface area contributed by atoms with Crippen molar-refractivity contribution in [3.05, 3.63) is 71.2 Å². The first kappa shape index (κ1) is 19.9. The van der Waals surface area contributed by atoms with Gasteiger partial charge in [0.15, 0.2) is 5.13 Å². The number of hydrogen-bond donors (Lipinski definition) is 2. The van der Waals surface area contributed by atoms with E-state index in [0.717, 1.165) is 29.0 Å². The van der Waals surface area contributed by atoms with Crippen LogP contribution in [0.2, 0.25) is 0 Å². The van der Waals surface area contributed by atoms with Crippen molar-refractivity contribution >= 4 is 32.4 Å². The third-order valence-corrected chi connectivity index (χ3v) is 6.01. The van der Waals surface area contributed by atoms with Gasteiger partial charge in [-0.25, -0.2) is 17.8 Å². The average Bonchev–Trinajstić information content (AvgIpc) is 3.12. The van der Waals surface area contributed by atoms with Crippen LogP contribution in [0, 0.1) is 5.82 Å². The normalized spacial score (nSPS) is 11.2. The Labute approximate surface area is 165 Å². The minimum absolute atomic E-state index is 0.0552. The van der Waals surface area contributed by atoms with Crippen LogP contribution in [0.15, 0.2) is 59.1 Å². The lowest BCUT2D eigenvalue weighted by molar-refractivity contribution is -0.121. The number of carbonyl (C=O) groups excluding carboxylic acids is 1. The van der Waals surface area contributed by atoms with Crippen LogP contribution >= 0.6 is 11.3 Å². The van der Waals surface area contributed by atoms with Crippen molar-refractivity contribution in [2.45, 2.75) is 24.3 Å². The van der Waals surface area contributed by atoms with E-state index in [1.54, 1.807) is 23.8 Å². The van der Waals surface area contributed by atoms with E-state index in [4.69, 9.17) is 0 Å². The summed E-state index contributed by atoms with van der Waals surface area (Å²) in [5, 5.41) is 4.68. The van der Waals surface area contributed by atoms with Crippen molar-refractivity contribution < 1.29 is 17.6 Å². The molecule has 0 aliphatic heterocycles. The number of aryl methyl sites for hydroxylation is 1. The first-order valence-electron chi connectivity index (χ1n) is 8.31. The number of anilines is 1. The van der Waals surface area contributed by atoms with E-state index in [-0.39, 0.29) is 22.4 Å². The zero-order chi connectivity index (χ0) is 20.0. The summed E-state index contributed by atoms with van der Waals surface area (Å²) in [5.74, 6) is -0.650. The van der Waals surface area contributed by atoms with Crippen molar-refractivity contribution in [2.75, 3.05) is 4.72 Å². The molecule has 2 heterocycles. The molecule has 3 aromatic rings. The van der Waals surface area contributed by atoms with Gasteiger partial charge >= 0.3 is 0 Å². The van der Waals surface area contributed by atoms with Gasteiger partial charge in [-0.3, -0.25) is 14.5 Å². The van der Waals surface area contributed by atoms with E-state index < -0.39 is 15.8 Å². The molecule has 28 heavy (non-hydrogen) atoms. The highest BCUT2D eigenvalue weighted by Gasteiger charge is 2.16. The number of nitrogens with zero attached hydrogens (tertiary/aromatic N) is 2. The molecule has 0 saturated heterocycles. The lowest BCUT2D eigenvalue weighted by atomic mass is 10.2. The Morgan fingerprint density at radius 2 is 1.96 bits per heavy atom. The second-order valence-corrected chi connectivity index (χ2v) is 8.38. The van der Waals surface area contributed by atoms with Gasteiger partial charge in [-0.2, -0.15) is 0 Å². The number of aromatic nitrogens is 2. The molecule has 0 bridgehead atoms. The molecular formula is C18H17FN4O3S2. The predicted molar refractivity (Wildman–Crippen MR) is 104 cm³/mol. The fraction of sp³-hybridized carbons (Fsp3) is 0.167. The molecule has 3 rings (SSSR count). The molecule has 0 unspecified atom stereocenters. The SMILES string of the molecule is O=C(CCc1csc(NS(=O)(=O)c2ccc(F)cc2)n1)NCc1cccnc1. The first-order valence-corrected chi connectivity index (χ1v) is 10.7. The van der Waals surface area contributed by atoms with Gasteiger partial charge in [-0.1, -0.05) is 6.07 Å². The summed E-state index contributed by atoms with van der Waals surface area (Å²) in [7, 11) is -3.84. The molecule has 1 aromatic carbocycles. The molecule has 0 saturated carbocycles. The third-order valence-electron chi connectivity index (χ3n) is 3.72. The van der Waals surface area contributed by atoms with Crippen LogP contribution in [0.1, 0.15) is 17.7 Å². The number of halogens is 1. The number of amides is 1. The van der Waals surface area contributed by atoms with Gasteiger partial charge in [0, 0.05) is 30.7 Å². The van der Waals surface area contributed by atoms with Crippen LogP contribution < -0.4 is 10.0 Å². The Hall–Kier alpha value is -2.85. The molecule has 1 amide bonds. The van der Waals surface area contributed by atoms with Crippen LogP contribution in [-0.4, -0.2) is 24.3 Å². The minimum atomic E-state index is -3.84. The number of nitrogens with one attached hydrogen (secondary N) is 2. The molecule has 2 aromatic heterocycles. The molecule has 10 heteroatoms. The zero-order valence-electron chi connectivity index (χ0n) is 14.6. The van der Waals surface area contributed by atoms with Crippen molar-refractivity contribution in [1.29, 1.82) is 0 Å².